The van der Waals surface area contributed by atoms with Gasteiger partial charge in [-0.25, -0.2) is 15.0 Å². The minimum atomic E-state index is -0.580. The van der Waals surface area contributed by atoms with Gasteiger partial charge in [0.15, 0.2) is 0 Å². The van der Waals surface area contributed by atoms with Crippen LogP contribution in [0.3, 0.4) is 0 Å². The third-order valence-corrected chi connectivity index (χ3v) is 20.3. The second-order valence-electron chi connectivity index (χ2n) is 24.8. The number of ether oxygens (including phenoxy) is 3. The van der Waals surface area contributed by atoms with Crippen LogP contribution >= 0.6 is 22.7 Å². The molecule has 2 spiro atoms. The fourth-order valence-corrected chi connectivity index (χ4v) is 15.3. The summed E-state index contributed by atoms with van der Waals surface area (Å²) < 4.78 is 17.5. The summed E-state index contributed by atoms with van der Waals surface area (Å²) in [5.41, 5.74) is 21.8. The van der Waals surface area contributed by atoms with E-state index in [9.17, 15) is 28.8 Å². The van der Waals surface area contributed by atoms with Gasteiger partial charge in [0.1, 0.15) is 61.5 Å². The van der Waals surface area contributed by atoms with E-state index in [-0.39, 0.29) is 46.1 Å². The predicted molar refractivity (Wildman–Crippen MR) is 372 cm³/mol. The summed E-state index contributed by atoms with van der Waals surface area (Å²) in [5, 5.41) is 1.88. The third-order valence-electron chi connectivity index (χ3n) is 17.9. The van der Waals surface area contributed by atoms with E-state index < -0.39 is 17.7 Å². The number of hydrogen-bond acceptors (Lipinski definition) is 14. The van der Waals surface area contributed by atoms with Gasteiger partial charge in [0.05, 0.1) is 21.4 Å². The first-order chi connectivity index (χ1) is 47.0. The number of hydrogen-bond donors (Lipinski definition) is 4. The van der Waals surface area contributed by atoms with Crippen LogP contribution in [0.1, 0.15) is 116 Å². The molecule has 1 atom stereocenters. The largest absolute Gasteiger partial charge is 0.457 e. The standard InChI is InChI=1S/C26H23N3O3S.C25H24N4O3.C25H23N3O3S/c1-2-6-21(30)29-15-26(16-29)13-18(14-26)25-28-22(23(33-25)24(27)31)17-9-11-20(12-10-17)32-19-7-4-3-5-8-19;1-2-7-21(30)29-15-6-8-18(16-29)25-27-22(23(28-25)24(26)31)17-11-13-20(14-12-17)32-19-9-4-3-5-10-19;1-2-20(29)28-14-25(15-28)12-17(13-25)24-27-21(22(32-24)23(26)30)16-8-10-19(11-9-16)31-18-6-4-3-5-7-18/h3-5,7-12,18H,13-16H2,1H3,(H2,27,31);3-5,9-14,18H,6,8,15-16H2,1H3,(H2,26,31)(H,27,28);2-11,17H,1,12-15H2,(H2,26,30)/t;18-;/m.1./s1. The molecular weight excluding hydrogens is 1260 g/mol. The van der Waals surface area contributed by atoms with Gasteiger partial charge < -0.3 is 51.1 Å². The van der Waals surface area contributed by atoms with Gasteiger partial charge in [-0.2, -0.15) is 0 Å². The molecule has 5 fully saturated rings. The average Bonchev–Trinajstić information content (AvgIpc) is 1.58. The Labute approximate surface area is 569 Å². The highest BCUT2D eigenvalue weighted by molar-refractivity contribution is 7.14. The maximum atomic E-state index is 12.2. The smallest absolute Gasteiger partial charge is 0.298 e. The number of nitrogens with one attached hydrogen (secondary N) is 1. The van der Waals surface area contributed by atoms with Crippen molar-refractivity contribution >= 4 is 58.1 Å². The van der Waals surface area contributed by atoms with Crippen molar-refractivity contribution < 1.29 is 43.0 Å². The van der Waals surface area contributed by atoms with E-state index in [2.05, 4.69) is 35.2 Å². The molecule has 0 radical (unpaired) electrons. The zero-order valence-corrected chi connectivity index (χ0v) is 55.1. The fourth-order valence-electron chi connectivity index (χ4n) is 13.2. The van der Waals surface area contributed by atoms with E-state index in [4.69, 9.17) is 46.4 Å². The van der Waals surface area contributed by atoms with E-state index in [0.717, 1.165) is 109 Å². The molecule has 490 valence electrons. The summed E-state index contributed by atoms with van der Waals surface area (Å²) in [6.45, 7) is 11.1. The van der Waals surface area contributed by atoms with Gasteiger partial charge in [-0.15, -0.1) is 22.7 Å². The average molecular weight is 1330 g/mol. The number of para-hydroxylation sites is 3. The lowest BCUT2D eigenvalue weighted by atomic mass is 9.58. The number of carbonyl (C=O) groups is 6. The van der Waals surface area contributed by atoms with Gasteiger partial charge in [-0.1, -0.05) is 73.0 Å². The second-order valence-corrected chi connectivity index (χ2v) is 26.9. The monoisotopic (exact) mass is 1330 g/mol. The number of aromatic amines is 1. The summed E-state index contributed by atoms with van der Waals surface area (Å²) >= 11 is 2.77. The van der Waals surface area contributed by atoms with Crippen LogP contribution in [0.15, 0.2) is 176 Å². The van der Waals surface area contributed by atoms with Crippen molar-refractivity contribution in [2.45, 2.75) is 70.1 Å². The fraction of sp³-hybridized carbons (Fsp3) is 0.250. The van der Waals surface area contributed by atoms with Gasteiger partial charge in [0, 0.05) is 84.5 Å². The number of nitrogens with zero attached hydrogens (tertiary/aromatic N) is 6. The molecule has 0 unspecified atom stereocenters. The Morgan fingerprint density at radius 1 is 0.505 bits per heavy atom. The van der Waals surface area contributed by atoms with Crippen LogP contribution in [0.4, 0.5) is 0 Å². The lowest BCUT2D eigenvalue weighted by molar-refractivity contribution is -0.146. The first-order valence-electron chi connectivity index (χ1n) is 31.8. The molecule has 3 aliphatic heterocycles. The summed E-state index contributed by atoms with van der Waals surface area (Å²) in [7, 11) is 0. The molecule has 6 aromatic carbocycles. The Kier molecular flexibility index (Phi) is 19.6. The van der Waals surface area contributed by atoms with Crippen molar-refractivity contribution in [2.24, 2.45) is 28.0 Å². The minimum Gasteiger partial charge on any atom is -0.457 e. The molecule has 3 aromatic heterocycles. The Balaban J connectivity index is 0.000000139. The van der Waals surface area contributed by atoms with Crippen LogP contribution in [0.2, 0.25) is 0 Å². The summed E-state index contributed by atoms with van der Waals surface area (Å²) in [5.74, 6) is 14.3. The van der Waals surface area contributed by atoms with Gasteiger partial charge in [0.2, 0.25) is 5.91 Å². The topological polar surface area (TPSA) is 272 Å². The van der Waals surface area contributed by atoms with Gasteiger partial charge in [-0.05, 0) is 179 Å². The van der Waals surface area contributed by atoms with Crippen LogP contribution in [0, 0.1) is 34.5 Å². The summed E-state index contributed by atoms with van der Waals surface area (Å²) in [6.07, 6.45) is 6.95. The highest BCUT2D eigenvalue weighted by Crippen LogP contribution is 2.58. The van der Waals surface area contributed by atoms with Crippen LogP contribution in [-0.2, 0) is 14.4 Å². The predicted octanol–water partition coefficient (Wildman–Crippen LogP) is 12.7. The van der Waals surface area contributed by atoms with Crippen molar-refractivity contribution in [1.82, 2.24) is 34.6 Å². The molecule has 19 nitrogen and oxygen atoms in total. The SMILES string of the molecule is C=CC(=O)N1CC2(CC(c3nc(-c4ccc(Oc5ccccc5)cc4)c(C(N)=O)s3)C2)C1.CC#CC(=O)N1CC2(CC(c3nc(-c4ccc(Oc5ccccc5)cc4)c(C(N)=O)s3)C2)C1.CC#CC(=O)N1CCC[C@@H](c2nc(-c3ccc(Oc4ccccc4)cc3)c(C(N)=O)[nH]2)C1. The van der Waals surface area contributed by atoms with E-state index >= 15 is 0 Å². The normalized spacial score (nSPS) is 16.2. The Morgan fingerprint density at radius 3 is 1.27 bits per heavy atom. The molecule has 2 saturated carbocycles. The van der Waals surface area contributed by atoms with Crippen LogP contribution in [0.25, 0.3) is 33.8 Å². The van der Waals surface area contributed by atoms with Crippen molar-refractivity contribution in [3.63, 3.8) is 0 Å². The minimum absolute atomic E-state index is 0.00804. The number of piperidine rings is 1. The molecule has 5 aliphatic rings. The molecule has 0 bridgehead atoms. The zero-order chi connectivity index (χ0) is 67.8. The summed E-state index contributed by atoms with van der Waals surface area (Å²) in [6, 6.07) is 51.0. The van der Waals surface area contributed by atoms with Gasteiger partial charge >= 0.3 is 0 Å². The summed E-state index contributed by atoms with van der Waals surface area (Å²) in [4.78, 5) is 95.9. The highest BCUT2D eigenvalue weighted by atomic mass is 32.1. The van der Waals surface area contributed by atoms with Crippen molar-refractivity contribution in [3.8, 4) is 92.0 Å². The first kappa shape index (κ1) is 65.9. The zero-order valence-electron chi connectivity index (χ0n) is 53.5. The van der Waals surface area contributed by atoms with Gasteiger partial charge in [0.25, 0.3) is 29.5 Å². The van der Waals surface area contributed by atoms with Crippen LogP contribution in [0.5, 0.6) is 34.5 Å². The quantitative estimate of drug-likeness (QED) is 0.0519. The molecule has 14 rings (SSSR count). The molecule has 9 aromatic rings. The number of rotatable bonds is 16. The number of thiazole rings is 2. The molecule has 3 saturated heterocycles. The number of H-pyrrole nitrogens is 1. The molecule has 6 amide bonds. The van der Waals surface area contributed by atoms with Gasteiger partial charge in [-0.3, -0.25) is 28.8 Å². The Morgan fingerprint density at radius 2 is 0.887 bits per heavy atom. The van der Waals surface area contributed by atoms with E-state index in [0.29, 0.717) is 68.9 Å². The number of benzene rings is 6. The molecule has 97 heavy (non-hydrogen) atoms. The number of likely N-dealkylation sites (tertiary alicyclic amines) is 3. The van der Waals surface area contributed by atoms with Crippen molar-refractivity contribution in [1.29, 1.82) is 0 Å². The van der Waals surface area contributed by atoms with E-state index in [1.165, 1.54) is 28.7 Å². The number of aromatic nitrogens is 4. The van der Waals surface area contributed by atoms with Crippen molar-refractivity contribution in [2.75, 3.05) is 39.3 Å². The Bertz CT molecular complexity index is 4520. The molecule has 21 heteroatoms. The number of primary amides is 3. The van der Waals surface area contributed by atoms with Crippen molar-refractivity contribution in [3.05, 3.63) is 208 Å². The number of amides is 6. The first-order valence-corrected chi connectivity index (χ1v) is 33.5. The third kappa shape index (κ3) is 15.0. The maximum Gasteiger partial charge on any atom is 0.298 e. The maximum absolute atomic E-state index is 12.2. The van der Waals surface area contributed by atoms with E-state index in [1.807, 2.05) is 169 Å². The highest BCUT2D eigenvalue weighted by Gasteiger charge is 2.56. The molecule has 6 heterocycles. The number of nitrogens with two attached hydrogens (primary N) is 3. The lowest BCUT2D eigenvalue weighted by Crippen LogP contribution is -2.63. The Hall–Kier alpha value is -11.1. The van der Waals surface area contributed by atoms with Crippen LogP contribution < -0.4 is 31.4 Å². The molecular formula is C76H70N10O9S2. The molecule has 2 aliphatic carbocycles. The molecule has 7 N–H and O–H groups in total. The number of carbonyl (C=O) groups excluding carboxylic acids is 6. The van der Waals surface area contributed by atoms with E-state index in [1.54, 1.807) is 23.6 Å². The second kappa shape index (κ2) is 28.8. The lowest BCUT2D eigenvalue weighted by Gasteiger charge is -2.58. The number of imidazole rings is 1. The van der Waals surface area contributed by atoms with Crippen LogP contribution in [-0.4, -0.2) is 109 Å².